The van der Waals surface area contributed by atoms with Gasteiger partial charge in [0.05, 0.1) is 30.3 Å². The van der Waals surface area contributed by atoms with Gasteiger partial charge in [0, 0.05) is 31.9 Å². The van der Waals surface area contributed by atoms with Crippen molar-refractivity contribution in [1.82, 2.24) is 25.6 Å². The van der Waals surface area contributed by atoms with Crippen LogP contribution in [0.25, 0.3) is 5.70 Å². The molecule has 2 aromatic heterocycles. The molecule has 0 unspecified atom stereocenters. The molecule has 0 saturated carbocycles. The predicted octanol–water partition coefficient (Wildman–Crippen LogP) is 5.84. The maximum atomic E-state index is 4.55. The van der Waals surface area contributed by atoms with Crippen LogP contribution in [0.15, 0.2) is 93.9 Å². The first-order valence-corrected chi connectivity index (χ1v) is 12.7. The first-order chi connectivity index (χ1) is 18.3. The normalized spacial score (nSPS) is 14.1. The molecule has 1 aliphatic rings. The monoisotopic (exact) mass is 510 g/mol. The third-order valence-corrected chi connectivity index (χ3v) is 6.51. The number of rotatable bonds is 12. The molecule has 0 fully saturated rings. The van der Waals surface area contributed by atoms with E-state index in [1.807, 2.05) is 32.2 Å². The van der Waals surface area contributed by atoms with E-state index in [1.165, 1.54) is 16.7 Å². The summed E-state index contributed by atoms with van der Waals surface area (Å²) < 4.78 is 0. The van der Waals surface area contributed by atoms with Gasteiger partial charge in [0.25, 0.3) is 0 Å². The van der Waals surface area contributed by atoms with Crippen molar-refractivity contribution in [2.45, 2.75) is 53.5 Å². The molecule has 2 N–H and O–H groups in total. The Morgan fingerprint density at radius 1 is 1.16 bits per heavy atom. The molecule has 0 aromatic carbocycles. The zero-order valence-corrected chi connectivity index (χ0v) is 23.2. The Hall–Kier alpha value is -4.33. The molecular formula is C30H38N8. The molecule has 38 heavy (non-hydrogen) atoms. The third-order valence-electron chi connectivity index (χ3n) is 6.51. The molecule has 1 aliphatic carbocycles. The fraction of sp³-hybridized carbons (Fsp3) is 0.300. The number of hydrazone groups is 1. The number of nitrogens with one attached hydrogen (secondary N) is 2. The van der Waals surface area contributed by atoms with Crippen LogP contribution in [0.2, 0.25) is 0 Å². The van der Waals surface area contributed by atoms with Gasteiger partial charge in [0.1, 0.15) is 11.5 Å². The molecule has 0 radical (unpaired) electrons. The number of aromatic nitrogens is 3. The number of allylic oxidation sites excluding steroid dienone is 5. The van der Waals surface area contributed by atoms with Gasteiger partial charge >= 0.3 is 0 Å². The third kappa shape index (κ3) is 6.70. The fourth-order valence-corrected chi connectivity index (χ4v) is 4.48. The van der Waals surface area contributed by atoms with Crippen LogP contribution in [0.5, 0.6) is 0 Å². The van der Waals surface area contributed by atoms with E-state index >= 15 is 0 Å². The summed E-state index contributed by atoms with van der Waals surface area (Å²) >= 11 is 0. The lowest BCUT2D eigenvalue weighted by Gasteiger charge is -2.27. The highest BCUT2D eigenvalue weighted by Crippen LogP contribution is 2.34. The van der Waals surface area contributed by atoms with Gasteiger partial charge in [0.15, 0.2) is 5.82 Å². The van der Waals surface area contributed by atoms with Crippen molar-refractivity contribution in [2.24, 2.45) is 10.1 Å². The van der Waals surface area contributed by atoms with Crippen LogP contribution in [0.3, 0.4) is 0 Å². The SMILES string of the molecule is C=NN(Cc1cnc(C(=C)NC(=C)NC2=C(CC)CCC(C(/C=N\C)=C/C)=C2C)cn1)c1ncccc1C. The summed E-state index contributed by atoms with van der Waals surface area (Å²) in [6.45, 7) is 20.8. The second-order valence-electron chi connectivity index (χ2n) is 9.01. The summed E-state index contributed by atoms with van der Waals surface area (Å²) in [5.41, 5.74) is 9.11. The molecule has 2 aromatic rings. The summed E-state index contributed by atoms with van der Waals surface area (Å²) in [4.78, 5) is 17.7. The number of anilines is 1. The summed E-state index contributed by atoms with van der Waals surface area (Å²) in [6, 6.07) is 3.87. The molecule has 0 spiro atoms. The average molecular weight is 511 g/mol. The molecule has 0 bridgehead atoms. The lowest BCUT2D eigenvalue weighted by atomic mass is 9.85. The Kier molecular flexibility index (Phi) is 9.87. The second kappa shape index (κ2) is 13.3. The van der Waals surface area contributed by atoms with Crippen molar-refractivity contribution in [2.75, 3.05) is 12.1 Å². The Morgan fingerprint density at radius 3 is 2.55 bits per heavy atom. The Morgan fingerprint density at radius 2 is 1.95 bits per heavy atom. The maximum absolute atomic E-state index is 4.55. The van der Waals surface area contributed by atoms with Crippen LogP contribution < -0.4 is 15.6 Å². The summed E-state index contributed by atoms with van der Waals surface area (Å²) in [5, 5.41) is 12.5. The van der Waals surface area contributed by atoms with Gasteiger partial charge in [-0.1, -0.05) is 32.2 Å². The van der Waals surface area contributed by atoms with E-state index in [0.29, 0.717) is 23.8 Å². The number of nitrogens with zero attached hydrogens (tertiary/aromatic N) is 6. The summed E-state index contributed by atoms with van der Waals surface area (Å²) in [5.74, 6) is 1.36. The number of hydrogen-bond donors (Lipinski definition) is 2. The molecular weight excluding hydrogens is 472 g/mol. The van der Waals surface area contributed by atoms with Gasteiger partial charge in [0.2, 0.25) is 0 Å². The van der Waals surface area contributed by atoms with Gasteiger partial charge in [-0.2, -0.15) is 5.10 Å². The molecule has 0 amide bonds. The minimum Gasteiger partial charge on any atom is -0.342 e. The van der Waals surface area contributed by atoms with Gasteiger partial charge in [-0.15, -0.1) is 0 Å². The van der Waals surface area contributed by atoms with Crippen LogP contribution in [0, 0.1) is 6.92 Å². The highest BCUT2D eigenvalue weighted by molar-refractivity contribution is 5.85. The predicted molar refractivity (Wildman–Crippen MR) is 159 cm³/mol. The van der Waals surface area contributed by atoms with Gasteiger partial charge in [-0.05, 0) is 74.0 Å². The van der Waals surface area contributed by atoms with Crippen molar-refractivity contribution in [3.63, 3.8) is 0 Å². The average Bonchev–Trinajstić information content (AvgIpc) is 2.92. The minimum absolute atomic E-state index is 0.404. The van der Waals surface area contributed by atoms with E-state index in [1.54, 1.807) is 30.6 Å². The van der Waals surface area contributed by atoms with Crippen molar-refractivity contribution < 1.29 is 0 Å². The molecule has 198 valence electrons. The number of aliphatic imine (C=N–C) groups is 1. The van der Waals surface area contributed by atoms with Gasteiger partial charge < -0.3 is 10.6 Å². The van der Waals surface area contributed by atoms with Crippen molar-refractivity contribution in [1.29, 1.82) is 0 Å². The first-order valence-electron chi connectivity index (χ1n) is 12.7. The molecule has 3 rings (SSSR count). The minimum atomic E-state index is 0.404. The number of aryl methyl sites for hydroxylation is 1. The largest absolute Gasteiger partial charge is 0.342 e. The van der Waals surface area contributed by atoms with Crippen molar-refractivity contribution in [3.05, 3.63) is 101 Å². The molecule has 8 heteroatoms. The van der Waals surface area contributed by atoms with E-state index in [2.05, 4.69) is 75.5 Å². The summed E-state index contributed by atoms with van der Waals surface area (Å²) in [6.07, 6.45) is 12.1. The second-order valence-corrected chi connectivity index (χ2v) is 9.01. The fourth-order valence-electron chi connectivity index (χ4n) is 4.48. The van der Waals surface area contributed by atoms with E-state index in [9.17, 15) is 0 Å². The lowest BCUT2D eigenvalue weighted by molar-refractivity contribution is 0.773. The molecule has 2 heterocycles. The van der Waals surface area contributed by atoms with Crippen molar-refractivity contribution in [3.8, 4) is 0 Å². The highest BCUT2D eigenvalue weighted by Gasteiger charge is 2.20. The van der Waals surface area contributed by atoms with E-state index < -0.39 is 0 Å². The lowest BCUT2D eigenvalue weighted by Crippen LogP contribution is -2.27. The topological polar surface area (TPSA) is 90.7 Å². The van der Waals surface area contributed by atoms with Crippen LogP contribution in [-0.4, -0.2) is 34.9 Å². The summed E-state index contributed by atoms with van der Waals surface area (Å²) in [7, 11) is 1.80. The van der Waals surface area contributed by atoms with Crippen molar-refractivity contribution >= 4 is 24.4 Å². The zero-order valence-electron chi connectivity index (χ0n) is 23.2. The zero-order chi connectivity index (χ0) is 27.7. The van der Waals surface area contributed by atoms with Crippen LogP contribution in [-0.2, 0) is 6.54 Å². The number of hydrogen-bond acceptors (Lipinski definition) is 8. The van der Waals surface area contributed by atoms with Crippen LogP contribution in [0.4, 0.5) is 5.82 Å². The Labute approximate surface area is 226 Å². The van der Waals surface area contributed by atoms with E-state index in [4.69, 9.17) is 0 Å². The molecule has 0 saturated heterocycles. The molecule has 0 aliphatic heterocycles. The number of pyridine rings is 1. The van der Waals surface area contributed by atoms with Gasteiger partial charge in [-0.25, -0.2) is 9.99 Å². The van der Waals surface area contributed by atoms with E-state index in [0.717, 1.165) is 47.6 Å². The smallest absolute Gasteiger partial charge is 0.151 e. The molecule has 8 nitrogen and oxygen atoms in total. The molecule has 0 atom stereocenters. The van der Waals surface area contributed by atoms with E-state index in [-0.39, 0.29) is 0 Å². The first kappa shape index (κ1) is 28.2. The quantitative estimate of drug-likeness (QED) is 0.275. The Bertz CT molecular complexity index is 1310. The maximum Gasteiger partial charge on any atom is 0.151 e. The van der Waals surface area contributed by atoms with Gasteiger partial charge in [-0.3, -0.25) is 15.0 Å². The Balaban J connectivity index is 1.69. The standard InChI is InChI=1S/C30H38N8/c1-9-24-13-14-27(25(10-2)16-31-7)21(4)29(24)37-23(6)36-22(5)28-18-34-26(17-35-28)19-38(32-8)30-20(3)12-11-15-33-30/h10-12,15-18,36-37H,5-6,8-9,13-14,19H2,1-4,7H3/b25-10+,31-16-. The van der Waals surface area contributed by atoms with Crippen LogP contribution in [0.1, 0.15) is 57.0 Å². The highest BCUT2D eigenvalue weighted by atomic mass is 15.5. The van der Waals surface area contributed by atoms with Crippen LogP contribution >= 0.6 is 0 Å².